The minimum Gasteiger partial charge on any atom is -0.327 e. The van der Waals surface area contributed by atoms with Crippen molar-refractivity contribution in [3.63, 3.8) is 0 Å². The summed E-state index contributed by atoms with van der Waals surface area (Å²) in [6, 6.07) is 6.86. The van der Waals surface area contributed by atoms with E-state index in [1.165, 1.54) is 23.6 Å². The summed E-state index contributed by atoms with van der Waals surface area (Å²) in [5.41, 5.74) is 7.62. The third-order valence-corrected chi connectivity index (χ3v) is 5.82. The number of pyridine rings is 1. The van der Waals surface area contributed by atoms with Crippen molar-refractivity contribution in [2.75, 3.05) is 0 Å². The van der Waals surface area contributed by atoms with Crippen molar-refractivity contribution in [1.29, 1.82) is 0 Å². The van der Waals surface area contributed by atoms with Crippen LogP contribution in [0.4, 0.5) is 17.6 Å². The van der Waals surface area contributed by atoms with Gasteiger partial charge in [0.05, 0.1) is 9.88 Å². The molecule has 5 nitrogen and oxygen atoms in total. The van der Waals surface area contributed by atoms with Crippen LogP contribution >= 0.6 is 11.3 Å². The Kier molecular flexibility index (Phi) is 5.92. The lowest BCUT2D eigenvalue weighted by atomic mass is 10.1. The summed E-state index contributed by atoms with van der Waals surface area (Å²) >= 11 is 1.53. The maximum Gasteiger partial charge on any atom is 0.451 e. The van der Waals surface area contributed by atoms with Gasteiger partial charge >= 0.3 is 6.18 Å². The number of hydrogen-bond donors (Lipinski definition) is 1. The Balaban J connectivity index is 1.37. The van der Waals surface area contributed by atoms with Gasteiger partial charge in [-0.25, -0.2) is 19.9 Å². The standard InChI is InChI=1S/C21H17F4N5S/c22-18-7-15-6-13(1-2-14(15)10-27-18)17-11-28-19(31-17)4-3-16(26)5-12-8-29-20(30-9-12)21(23,24)25/h1-2,6-11,16H,3-5,26H2/t16-/m1/s1. The average Bonchev–Trinajstić information content (AvgIpc) is 3.20. The van der Waals surface area contributed by atoms with Crippen LogP contribution < -0.4 is 5.73 Å². The smallest absolute Gasteiger partial charge is 0.327 e. The van der Waals surface area contributed by atoms with Crippen LogP contribution in [0.5, 0.6) is 0 Å². The monoisotopic (exact) mass is 447 g/mol. The molecule has 0 fully saturated rings. The third-order valence-electron chi connectivity index (χ3n) is 4.71. The zero-order chi connectivity index (χ0) is 22.0. The molecule has 0 radical (unpaired) electrons. The average molecular weight is 447 g/mol. The molecule has 4 aromatic rings. The summed E-state index contributed by atoms with van der Waals surface area (Å²) < 4.78 is 51.0. The largest absolute Gasteiger partial charge is 0.451 e. The van der Waals surface area contributed by atoms with Crippen molar-refractivity contribution in [1.82, 2.24) is 19.9 Å². The number of benzene rings is 1. The fraction of sp³-hybridized carbons (Fsp3) is 0.238. The molecule has 1 aromatic carbocycles. The van der Waals surface area contributed by atoms with Crippen LogP contribution in [-0.4, -0.2) is 26.0 Å². The van der Waals surface area contributed by atoms with E-state index in [0.717, 1.165) is 38.6 Å². The summed E-state index contributed by atoms with van der Waals surface area (Å²) in [4.78, 5) is 15.8. The van der Waals surface area contributed by atoms with E-state index in [1.807, 2.05) is 18.2 Å². The summed E-state index contributed by atoms with van der Waals surface area (Å²) in [5, 5.41) is 2.52. The Morgan fingerprint density at radius 1 is 0.935 bits per heavy atom. The maximum absolute atomic E-state index is 13.4. The second-order valence-corrected chi connectivity index (χ2v) is 8.22. The predicted molar refractivity (Wildman–Crippen MR) is 110 cm³/mol. The zero-order valence-electron chi connectivity index (χ0n) is 16.1. The van der Waals surface area contributed by atoms with E-state index in [0.29, 0.717) is 24.8 Å². The molecule has 0 saturated heterocycles. The first-order valence-electron chi connectivity index (χ1n) is 9.42. The van der Waals surface area contributed by atoms with Crippen molar-refractivity contribution < 1.29 is 17.6 Å². The molecule has 0 aliphatic heterocycles. The normalized spacial score (nSPS) is 12.9. The first kappa shape index (κ1) is 21.3. The lowest BCUT2D eigenvalue weighted by Crippen LogP contribution is -2.24. The van der Waals surface area contributed by atoms with E-state index in [9.17, 15) is 17.6 Å². The van der Waals surface area contributed by atoms with Crippen molar-refractivity contribution >= 4 is 22.1 Å². The molecular formula is C21H17F4N5S. The van der Waals surface area contributed by atoms with Crippen LogP contribution in [0.15, 0.2) is 49.1 Å². The molecule has 0 bridgehead atoms. The molecule has 0 amide bonds. The van der Waals surface area contributed by atoms with Crippen molar-refractivity contribution in [2.24, 2.45) is 5.73 Å². The van der Waals surface area contributed by atoms with Gasteiger partial charge in [0, 0.05) is 48.7 Å². The van der Waals surface area contributed by atoms with Crippen molar-refractivity contribution in [3.8, 4) is 10.4 Å². The molecule has 10 heteroatoms. The Hall–Kier alpha value is -2.98. The SMILES string of the molecule is N[C@H](CCc1ncc(-c2ccc3cnc(F)cc3c2)s1)Cc1cnc(C(F)(F)F)nc1. The highest BCUT2D eigenvalue weighted by atomic mass is 32.1. The predicted octanol–water partition coefficient (Wildman–Crippen LogP) is 4.81. The van der Waals surface area contributed by atoms with Crippen LogP contribution in [0.2, 0.25) is 0 Å². The number of halogens is 4. The fourth-order valence-electron chi connectivity index (χ4n) is 3.15. The molecule has 0 aliphatic carbocycles. The summed E-state index contributed by atoms with van der Waals surface area (Å²) in [6.07, 6.45) is 2.66. The number of alkyl halides is 3. The van der Waals surface area contributed by atoms with E-state index in [2.05, 4.69) is 19.9 Å². The van der Waals surface area contributed by atoms with E-state index in [1.54, 1.807) is 6.20 Å². The number of rotatable bonds is 6. The number of aryl methyl sites for hydroxylation is 1. The minimum absolute atomic E-state index is 0.260. The minimum atomic E-state index is -4.56. The van der Waals surface area contributed by atoms with Gasteiger partial charge in [0.25, 0.3) is 0 Å². The van der Waals surface area contributed by atoms with E-state index >= 15 is 0 Å². The lowest BCUT2D eigenvalue weighted by Gasteiger charge is -2.11. The Bertz CT molecular complexity index is 1190. The second kappa shape index (κ2) is 8.64. The number of hydrogen-bond acceptors (Lipinski definition) is 6. The molecular weight excluding hydrogens is 430 g/mol. The molecule has 2 N–H and O–H groups in total. The number of fused-ring (bicyclic) bond motifs is 1. The number of nitrogens with two attached hydrogens (primary N) is 1. The van der Waals surface area contributed by atoms with Crippen LogP contribution in [0.25, 0.3) is 21.2 Å². The van der Waals surface area contributed by atoms with Gasteiger partial charge < -0.3 is 5.73 Å². The lowest BCUT2D eigenvalue weighted by molar-refractivity contribution is -0.145. The van der Waals surface area contributed by atoms with Crippen LogP contribution in [0.1, 0.15) is 22.8 Å². The Labute approximate surface area is 179 Å². The molecule has 1 atom stereocenters. The van der Waals surface area contributed by atoms with Gasteiger partial charge in [0.2, 0.25) is 11.8 Å². The zero-order valence-corrected chi connectivity index (χ0v) is 16.9. The molecule has 4 rings (SSSR count). The number of aromatic nitrogens is 4. The van der Waals surface area contributed by atoms with Gasteiger partial charge in [-0.3, -0.25) is 0 Å². The van der Waals surface area contributed by atoms with E-state index < -0.39 is 17.9 Å². The maximum atomic E-state index is 13.4. The molecule has 3 heterocycles. The summed E-state index contributed by atoms with van der Waals surface area (Å²) in [7, 11) is 0. The first-order valence-corrected chi connectivity index (χ1v) is 10.2. The third kappa shape index (κ3) is 5.20. The topological polar surface area (TPSA) is 77.6 Å². The molecule has 0 unspecified atom stereocenters. The number of nitrogens with zero attached hydrogens (tertiary/aromatic N) is 4. The van der Waals surface area contributed by atoms with Gasteiger partial charge in [0.1, 0.15) is 0 Å². The molecule has 160 valence electrons. The highest BCUT2D eigenvalue weighted by Crippen LogP contribution is 2.30. The van der Waals surface area contributed by atoms with Gasteiger partial charge in [-0.2, -0.15) is 17.6 Å². The quantitative estimate of drug-likeness (QED) is 0.339. The Morgan fingerprint density at radius 3 is 2.45 bits per heavy atom. The molecule has 0 aliphatic rings. The van der Waals surface area contributed by atoms with Gasteiger partial charge in [-0.15, -0.1) is 11.3 Å². The van der Waals surface area contributed by atoms with E-state index in [-0.39, 0.29) is 6.04 Å². The van der Waals surface area contributed by atoms with Gasteiger partial charge in [-0.05, 0) is 35.4 Å². The molecule has 31 heavy (non-hydrogen) atoms. The van der Waals surface area contributed by atoms with Crippen LogP contribution in [0, 0.1) is 5.95 Å². The highest BCUT2D eigenvalue weighted by Gasteiger charge is 2.34. The molecule has 3 aromatic heterocycles. The highest BCUT2D eigenvalue weighted by molar-refractivity contribution is 7.15. The van der Waals surface area contributed by atoms with Gasteiger partial charge in [0.15, 0.2) is 0 Å². The van der Waals surface area contributed by atoms with Crippen LogP contribution in [0.3, 0.4) is 0 Å². The fourth-order valence-corrected chi connectivity index (χ4v) is 4.08. The molecule has 0 spiro atoms. The van der Waals surface area contributed by atoms with E-state index in [4.69, 9.17) is 5.73 Å². The van der Waals surface area contributed by atoms with Gasteiger partial charge in [-0.1, -0.05) is 12.1 Å². The van der Waals surface area contributed by atoms with Crippen molar-refractivity contribution in [3.05, 3.63) is 71.4 Å². The number of thiazole rings is 1. The Morgan fingerprint density at radius 2 is 1.71 bits per heavy atom. The summed E-state index contributed by atoms with van der Waals surface area (Å²) in [5.74, 6) is -1.69. The molecule has 0 saturated carbocycles. The van der Waals surface area contributed by atoms with Crippen LogP contribution in [-0.2, 0) is 19.0 Å². The van der Waals surface area contributed by atoms with Crippen molar-refractivity contribution in [2.45, 2.75) is 31.5 Å². The first-order chi connectivity index (χ1) is 14.8. The second-order valence-electron chi connectivity index (χ2n) is 7.10. The summed E-state index contributed by atoms with van der Waals surface area (Å²) in [6.45, 7) is 0.